The Balaban J connectivity index is 2.19. The van der Waals surface area contributed by atoms with E-state index in [1.807, 2.05) is 55.5 Å². The van der Waals surface area contributed by atoms with E-state index >= 15 is 0 Å². The van der Waals surface area contributed by atoms with E-state index in [0.717, 1.165) is 15.8 Å². The van der Waals surface area contributed by atoms with Gasteiger partial charge in [0.25, 0.3) is 0 Å². The molecular formula is C14H15BrN4. The minimum atomic E-state index is 0.488. The van der Waals surface area contributed by atoms with Crippen LogP contribution < -0.4 is 16.6 Å². The fraction of sp³-hybridized carbons (Fsp3) is 0.0714. The molecule has 0 fully saturated rings. The number of aryl methyl sites for hydroxylation is 1. The minimum absolute atomic E-state index is 0.488. The van der Waals surface area contributed by atoms with Crippen LogP contribution in [-0.2, 0) is 0 Å². The molecule has 0 bridgehead atoms. The molecule has 2 rings (SSSR count). The Bertz CT molecular complexity index is 581. The monoisotopic (exact) mass is 318 g/mol. The van der Waals surface area contributed by atoms with Gasteiger partial charge < -0.3 is 5.32 Å². The number of guanidine groups is 1. The molecule has 98 valence electrons. The highest BCUT2D eigenvalue weighted by molar-refractivity contribution is 9.10. The average Bonchev–Trinajstić information content (AvgIpc) is 2.43. The predicted octanol–water partition coefficient (Wildman–Crippen LogP) is 3.32. The van der Waals surface area contributed by atoms with Crippen molar-refractivity contribution in [2.24, 2.45) is 10.8 Å². The highest BCUT2D eigenvalue weighted by atomic mass is 79.9. The van der Waals surface area contributed by atoms with Crippen LogP contribution in [0.25, 0.3) is 0 Å². The van der Waals surface area contributed by atoms with E-state index in [9.17, 15) is 0 Å². The van der Waals surface area contributed by atoms with Crippen LogP contribution in [0.1, 0.15) is 5.56 Å². The molecule has 0 unspecified atom stereocenters. The minimum Gasteiger partial charge on any atom is -0.325 e. The Kier molecular flexibility index (Phi) is 4.54. The molecule has 4 nitrogen and oxygen atoms in total. The molecule has 0 aliphatic heterocycles. The Morgan fingerprint density at radius 2 is 1.89 bits per heavy atom. The number of benzene rings is 2. The van der Waals surface area contributed by atoms with Gasteiger partial charge in [-0.25, -0.2) is 10.8 Å². The van der Waals surface area contributed by atoms with Gasteiger partial charge in [-0.2, -0.15) is 0 Å². The number of hydrazine groups is 1. The van der Waals surface area contributed by atoms with Crippen LogP contribution >= 0.6 is 15.9 Å². The van der Waals surface area contributed by atoms with Crippen molar-refractivity contribution in [3.63, 3.8) is 0 Å². The molecule has 4 N–H and O–H groups in total. The maximum absolute atomic E-state index is 5.48. The fourth-order valence-corrected chi connectivity index (χ4v) is 1.91. The van der Waals surface area contributed by atoms with Crippen LogP contribution in [0.2, 0.25) is 0 Å². The van der Waals surface area contributed by atoms with Crippen molar-refractivity contribution in [3.05, 3.63) is 58.6 Å². The largest absolute Gasteiger partial charge is 0.325 e. The Labute approximate surface area is 120 Å². The summed E-state index contributed by atoms with van der Waals surface area (Å²) < 4.78 is 1.04. The first-order chi connectivity index (χ1) is 9.19. The lowest BCUT2D eigenvalue weighted by atomic mass is 10.2. The van der Waals surface area contributed by atoms with E-state index in [4.69, 9.17) is 5.84 Å². The van der Waals surface area contributed by atoms with Gasteiger partial charge >= 0.3 is 0 Å². The van der Waals surface area contributed by atoms with Gasteiger partial charge in [-0.15, -0.1) is 0 Å². The number of nitrogens with zero attached hydrogens (tertiary/aromatic N) is 1. The second-order valence-electron chi connectivity index (χ2n) is 4.03. The Morgan fingerprint density at radius 3 is 2.53 bits per heavy atom. The summed E-state index contributed by atoms with van der Waals surface area (Å²) in [6.45, 7) is 2.04. The van der Waals surface area contributed by atoms with Crippen LogP contribution in [0.15, 0.2) is 58.0 Å². The van der Waals surface area contributed by atoms with E-state index in [0.29, 0.717) is 5.96 Å². The number of hydrogen-bond donors (Lipinski definition) is 3. The topological polar surface area (TPSA) is 62.4 Å². The molecule has 0 spiro atoms. The van der Waals surface area contributed by atoms with Gasteiger partial charge in [0.1, 0.15) is 0 Å². The third-order valence-corrected chi connectivity index (χ3v) is 3.42. The van der Waals surface area contributed by atoms with E-state index in [-0.39, 0.29) is 0 Å². The van der Waals surface area contributed by atoms with E-state index in [1.165, 1.54) is 5.56 Å². The summed E-state index contributed by atoms with van der Waals surface area (Å²) in [5.74, 6) is 5.97. The maximum atomic E-state index is 5.48. The van der Waals surface area contributed by atoms with Gasteiger partial charge in [0, 0.05) is 10.2 Å². The standard InChI is InChI=1S/C14H15BrN4/c1-10-7-8-12(9-13(10)15)18-14(19-16)17-11-5-3-2-4-6-11/h2-9H,16H2,1H3,(H2,17,18,19). The van der Waals surface area contributed by atoms with Gasteiger partial charge in [0.15, 0.2) is 0 Å². The molecule has 0 aliphatic carbocycles. The molecule has 2 aromatic carbocycles. The Morgan fingerprint density at radius 1 is 1.16 bits per heavy atom. The lowest BCUT2D eigenvalue weighted by Crippen LogP contribution is -2.35. The predicted molar refractivity (Wildman–Crippen MR) is 83.4 cm³/mol. The normalized spacial score (nSPS) is 11.2. The summed E-state index contributed by atoms with van der Waals surface area (Å²) >= 11 is 3.49. The number of aliphatic imine (C=N–C) groups is 1. The van der Waals surface area contributed by atoms with Gasteiger partial charge in [-0.05, 0) is 36.8 Å². The van der Waals surface area contributed by atoms with Gasteiger partial charge in [-0.3, -0.25) is 5.43 Å². The number of anilines is 1. The number of nitrogens with two attached hydrogens (primary N) is 1. The lowest BCUT2D eigenvalue weighted by molar-refractivity contribution is 1.02. The molecule has 0 saturated carbocycles. The van der Waals surface area contributed by atoms with Crippen molar-refractivity contribution in [2.75, 3.05) is 5.32 Å². The van der Waals surface area contributed by atoms with E-state index in [1.54, 1.807) is 0 Å². The number of para-hydroxylation sites is 1. The smallest absolute Gasteiger partial charge is 0.215 e. The van der Waals surface area contributed by atoms with Crippen LogP contribution in [0, 0.1) is 6.92 Å². The van der Waals surface area contributed by atoms with Crippen molar-refractivity contribution in [1.82, 2.24) is 5.43 Å². The van der Waals surface area contributed by atoms with Gasteiger partial charge in [0.05, 0.1) is 5.69 Å². The average molecular weight is 319 g/mol. The Hall–Kier alpha value is -1.85. The van der Waals surface area contributed by atoms with Crippen molar-refractivity contribution in [1.29, 1.82) is 0 Å². The molecule has 0 atom stereocenters. The molecule has 5 heteroatoms. The molecule has 19 heavy (non-hydrogen) atoms. The zero-order valence-electron chi connectivity index (χ0n) is 10.5. The number of halogens is 1. The number of rotatable bonds is 2. The van der Waals surface area contributed by atoms with E-state index in [2.05, 4.69) is 31.7 Å². The molecule has 2 aromatic rings. The summed E-state index contributed by atoms with van der Waals surface area (Å²) in [5, 5.41) is 3.13. The molecule has 0 saturated heterocycles. The first kappa shape index (κ1) is 13.6. The zero-order chi connectivity index (χ0) is 13.7. The number of nitrogens with one attached hydrogen (secondary N) is 2. The van der Waals surface area contributed by atoms with E-state index < -0.39 is 0 Å². The second-order valence-corrected chi connectivity index (χ2v) is 4.88. The summed E-state index contributed by atoms with van der Waals surface area (Å²) in [6, 6.07) is 15.6. The third-order valence-electron chi connectivity index (χ3n) is 2.57. The van der Waals surface area contributed by atoms with Crippen molar-refractivity contribution < 1.29 is 0 Å². The first-order valence-corrected chi connectivity index (χ1v) is 6.62. The van der Waals surface area contributed by atoms with Gasteiger partial charge in [-0.1, -0.05) is 40.2 Å². The van der Waals surface area contributed by atoms with Crippen LogP contribution in [0.4, 0.5) is 11.4 Å². The third kappa shape index (κ3) is 3.81. The SMILES string of the molecule is Cc1ccc(NC(=Nc2ccccc2)NN)cc1Br. The van der Waals surface area contributed by atoms with Crippen molar-refractivity contribution in [2.45, 2.75) is 6.92 Å². The summed E-state index contributed by atoms with van der Waals surface area (Å²) in [7, 11) is 0. The van der Waals surface area contributed by atoms with Gasteiger partial charge in [0.2, 0.25) is 5.96 Å². The van der Waals surface area contributed by atoms with Crippen LogP contribution in [0.5, 0.6) is 0 Å². The summed E-state index contributed by atoms with van der Waals surface area (Å²) in [5.41, 5.74) is 5.47. The lowest BCUT2D eigenvalue weighted by Gasteiger charge is -2.10. The molecule has 0 heterocycles. The molecule has 0 radical (unpaired) electrons. The number of hydrogen-bond acceptors (Lipinski definition) is 2. The first-order valence-electron chi connectivity index (χ1n) is 5.82. The maximum Gasteiger partial charge on any atom is 0.215 e. The van der Waals surface area contributed by atoms with Crippen LogP contribution in [0.3, 0.4) is 0 Å². The highest BCUT2D eigenvalue weighted by Crippen LogP contribution is 2.20. The van der Waals surface area contributed by atoms with Crippen LogP contribution in [-0.4, -0.2) is 5.96 Å². The molecule has 0 amide bonds. The fourth-order valence-electron chi connectivity index (χ4n) is 1.54. The molecule has 0 aromatic heterocycles. The summed E-state index contributed by atoms with van der Waals surface area (Å²) in [4.78, 5) is 4.38. The van der Waals surface area contributed by atoms with Crippen molar-refractivity contribution in [3.8, 4) is 0 Å². The molecular weight excluding hydrogens is 304 g/mol. The second kappa shape index (κ2) is 6.36. The van der Waals surface area contributed by atoms with Crippen molar-refractivity contribution >= 4 is 33.3 Å². The highest BCUT2D eigenvalue weighted by Gasteiger charge is 2.01. The molecule has 0 aliphatic rings. The quantitative estimate of drug-likeness (QED) is 0.344. The zero-order valence-corrected chi connectivity index (χ0v) is 12.1. The summed E-state index contributed by atoms with van der Waals surface area (Å²) in [6.07, 6.45) is 0.